The quantitative estimate of drug-likeness (QED) is 0.712. The highest BCUT2D eigenvalue weighted by atomic mass is 32.2. The molecule has 1 atom stereocenters. The smallest absolute Gasteiger partial charge is 0.152 e. The Hall–Kier alpha value is -1.07. The first-order chi connectivity index (χ1) is 9.93. The van der Waals surface area contributed by atoms with E-state index in [0.29, 0.717) is 0 Å². The number of hydrogen-bond donors (Lipinski definition) is 1. The summed E-state index contributed by atoms with van der Waals surface area (Å²) >= 11 is 0. The molecule has 120 valence electrons. The van der Waals surface area contributed by atoms with Crippen LogP contribution < -0.4 is 10.1 Å². The number of benzene rings is 1. The van der Waals surface area contributed by atoms with Crippen molar-refractivity contribution in [1.29, 1.82) is 0 Å². The van der Waals surface area contributed by atoms with Crippen molar-refractivity contribution < 1.29 is 13.2 Å². The maximum atomic E-state index is 12.3. The number of nitrogens with one attached hydrogen (secondary N) is 1. The summed E-state index contributed by atoms with van der Waals surface area (Å²) in [6.07, 6.45) is 2.72. The van der Waals surface area contributed by atoms with Gasteiger partial charge in [0.05, 0.1) is 18.6 Å². The lowest BCUT2D eigenvalue weighted by Gasteiger charge is -2.20. The fourth-order valence-electron chi connectivity index (χ4n) is 2.36. The molecule has 1 aromatic rings. The van der Waals surface area contributed by atoms with Crippen LogP contribution in [0, 0.1) is 6.92 Å². The third-order valence-corrected chi connectivity index (χ3v) is 5.34. The molecule has 0 bridgehead atoms. The summed E-state index contributed by atoms with van der Waals surface area (Å²) in [5.41, 5.74) is 1.99. The van der Waals surface area contributed by atoms with Gasteiger partial charge in [-0.1, -0.05) is 37.5 Å². The van der Waals surface area contributed by atoms with Crippen molar-refractivity contribution >= 4 is 9.84 Å². The molecule has 0 aromatic heterocycles. The minimum absolute atomic E-state index is 0.104. The highest BCUT2D eigenvalue weighted by Crippen LogP contribution is 2.27. The lowest BCUT2D eigenvalue weighted by atomic mass is 10.0. The van der Waals surface area contributed by atoms with Crippen LogP contribution in [-0.2, 0) is 9.84 Å². The van der Waals surface area contributed by atoms with Crippen LogP contribution in [0.15, 0.2) is 18.2 Å². The van der Waals surface area contributed by atoms with Crippen molar-refractivity contribution in [2.45, 2.75) is 39.2 Å². The number of aryl methyl sites for hydroxylation is 1. The molecule has 5 heteroatoms. The van der Waals surface area contributed by atoms with Gasteiger partial charge in [-0.25, -0.2) is 8.42 Å². The zero-order valence-corrected chi connectivity index (χ0v) is 14.3. The Kier molecular flexibility index (Phi) is 7.18. The normalized spacial score (nSPS) is 13.1. The van der Waals surface area contributed by atoms with E-state index < -0.39 is 9.84 Å². The lowest BCUT2D eigenvalue weighted by molar-refractivity contribution is 0.403. The zero-order chi connectivity index (χ0) is 15.9. The second kappa shape index (κ2) is 8.39. The van der Waals surface area contributed by atoms with Gasteiger partial charge >= 0.3 is 0 Å². The van der Waals surface area contributed by atoms with Crippen molar-refractivity contribution in [1.82, 2.24) is 5.32 Å². The minimum atomic E-state index is -3.07. The van der Waals surface area contributed by atoms with E-state index in [9.17, 15) is 8.42 Å². The second-order valence-corrected chi connectivity index (χ2v) is 7.64. The van der Waals surface area contributed by atoms with E-state index in [1.807, 2.05) is 25.1 Å². The first kappa shape index (κ1) is 18.0. The molecule has 0 aliphatic heterocycles. The molecule has 21 heavy (non-hydrogen) atoms. The number of unbranched alkanes of at least 4 members (excludes halogenated alkanes) is 2. The molecule has 0 saturated carbocycles. The standard InChI is InChI=1S/C16H27NO3S/c1-5-6-7-10-21(18,19)12-15(17-3)14-11-13(2)8-9-16(14)20-4/h8-9,11,15,17H,5-7,10,12H2,1-4H3. The maximum absolute atomic E-state index is 12.3. The minimum Gasteiger partial charge on any atom is -0.496 e. The van der Waals surface area contributed by atoms with Gasteiger partial charge in [0.1, 0.15) is 5.75 Å². The van der Waals surface area contributed by atoms with Gasteiger partial charge in [0.2, 0.25) is 0 Å². The molecule has 1 rings (SSSR count). The van der Waals surface area contributed by atoms with Crippen LogP contribution in [0.25, 0.3) is 0 Å². The Morgan fingerprint density at radius 3 is 2.57 bits per heavy atom. The molecular weight excluding hydrogens is 286 g/mol. The van der Waals surface area contributed by atoms with E-state index in [0.717, 1.165) is 36.1 Å². The lowest BCUT2D eigenvalue weighted by Crippen LogP contribution is -2.27. The van der Waals surface area contributed by atoms with Crippen LogP contribution in [-0.4, -0.2) is 34.1 Å². The first-order valence-electron chi connectivity index (χ1n) is 7.45. The van der Waals surface area contributed by atoms with Gasteiger partial charge in [0.15, 0.2) is 9.84 Å². The Balaban J connectivity index is 2.90. The topological polar surface area (TPSA) is 55.4 Å². The summed E-state index contributed by atoms with van der Waals surface area (Å²) in [7, 11) is 0.324. The van der Waals surface area contributed by atoms with Crippen LogP contribution in [0.3, 0.4) is 0 Å². The Bertz CT molecular complexity index is 540. The van der Waals surface area contributed by atoms with Crippen molar-refractivity contribution in [3.8, 4) is 5.75 Å². The third-order valence-electron chi connectivity index (χ3n) is 3.59. The summed E-state index contributed by atoms with van der Waals surface area (Å²) in [5.74, 6) is 1.09. The predicted octanol–water partition coefficient (Wildman–Crippen LogP) is 2.87. The van der Waals surface area contributed by atoms with Gasteiger partial charge in [-0.15, -0.1) is 0 Å². The zero-order valence-electron chi connectivity index (χ0n) is 13.5. The monoisotopic (exact) mass is 313 g/mol. The van der Waals surface area contributed by atoms with Gasteiger partial charge in [-0.3, -0.25) is 0 Å². The average molecular weight is 313 g/mol. The fourth-order valence-corrected chi connectivity index (χ4v) is 4.03. The molecule has 0 spiro atoms. The van der Waals surface area contributed by atoms with E-state index >= 15 is 0 Å². The molecular formula is C16H27NO3S. The van der Waals surface area contributed by atoms with Gasteiger partial charge in [-0.05, 0) is 26.5 Å². The van der Waals surface area contributed by atoms with Gasteiger partial charge in [-0.2, -0.15) is 0 Å². The van der Waals surface area contributed by atoms with E-state index in [1.54, 1.807) is 14.2 Å². The molecule has 1 aromatic carbocycles. The van der Waals surface area contributed by atoms with Crippen molar-refractivity contribution in [3.05, 3.63) is 29.3 Å². The number of rotatable bonds is 9. The van der Waals surface area contributed by atoms with E-state index in [1.165, 1.54) is 0 Å². The summed E-state index contributed by atoms with van der Waals surface area (Å²) in [6, 6.07) is 5.59. The van der Waals surface area contributed by atoms with Crippen molar-refractivity contribution in [3.63, 3.8) is 0 Å². The molecule has 1 N–H and O–H groups in total. The van der Waals surface area contributed by atoms with Crippen molar-refractivity contribution in [2.75, 3.05) is 25.7 Å². The SMILES string of the molecule is CCCCCS(=O)(=O)CC(NC)c1cc(C)ccc1OC. The molecule has 0 fully saturated rings. The number of hydrogen-bond acceptors (Lipinski definition) is 4. The second-order valence-electron chi connectivity index (χ2n) is 5.41. The molecule has 0 aliphatic rings. The van der Waals surface area contributed by atoms with Crippen LogP contribution in [0.2, 0.25) is 0 Å². The number of methoxy groups -OCH3 is 1. The van der Waals surface area contributed by atoms with Crippen LogP contribution in [0.5, 0.6) is 5.75 Å². The third kappa shape index (κ3) is 5.67. The Labute approximate surface area is 128 Å². The highest BCUT2D eigenvalue weighted by molar-refractivity contribution is 7.91. The Morgan fingerprint density at radius 2 is 2.00 bits per heavy atom. The van der Waals surface area contributed by atoms with E-state index in [4.69, 9.17) is 4.74 Å². The molecule has 0 radical (unpaired) electrons. The first-order valence-corrected chi connectivity index (χ1v) is 9.28. The highest BCUT2D eigenvalue weighted by Gasteiger charge is 2.22. The van der Waals surface area contributed by atoms with Gasteiger partial charge < -0.3 is 10.1 Å². The van der Waals surface area contributed by atoms with Gasteiger partial charge in [0.25, 0.3) is 0 Å². The Morgan fingerprint density at radius 1 is 1.29 bits per heavy atom. The molecule has 1 unspecified atom stereocenters. The average Bonchev–Trinajstić information content (AvgIpc) is 2.45. The maximum Gasteiger partial charge on any atom is 0.152 e. The van der Waals surface area contributed by atoms with Crippen LogP contribution >= 0.6 is 0 Å². The number of ether oxygens (including phenoxy) is 1. The summed E-state index contributed by atoms with van der Waals surface area (Å²) in [4.78, 5) is 0. The summed E-state index contributed by atoms with van der Waals surface area (Å²) in [5, 5.41) is 3.11. The molecule has 4 nitrogen and oxygen atoms in total. The van der Waals surface area contributed by atoms with Crippen LogP contribution in [0.1, 0.15) is 43.4 Å². The van der Waals surface area contributed by atoms with Gasteiger partial charge in [0, 0.05) is 11.6 Å². The predicted molar refractivity (Wildman–Crippen MR) is 87.7 cm³/mol. The largest absolute Gasteiger partial charge is 0.496 e. The fraction of sp³-hybridized carbons (Fsp3) is 0.625. The van der Waals surface area contributed by atoms with E-state index in [2.05, 4.69) is 12.2 Å². The van der Waals surface area contributed by atoms with Crippen LogP contribution in [0.4, 0.5) is 0 Å². The number of sulfone groups is 1. The summed E-state index contributed by atoms with van der Waals surface area (Å²) in [6.45, 7) is 4.06. The summed E-state index contributed by atoms with van der Waals surface area (Å²) < 4.78 is 29.9. The molecule has 0 amide bonds. The molecule has 0 heterocycles. The van der Waals surface area contributed by atoms with E-state index in [-0.39, 0.29) is 17.5 Å². The molecule has 0 aliphatic carbocycles. The van der Waals surface area contributed by atoms with Crippen molar-refractivity contribution in [2.24, 2.45) is 0 Å². The molecule has 0 saturated heterocycles.